The summed E-state index contributed by atoms with van der Waals surface area (Å²) in [6, 6.07) is 16.4. The zero-order valence-electron chi connectivity index (χ0n) is 16.5. The Morgan fingerprint density at radius 1 is 0.828 bits per heavy atom. The molecule has 0 saturated heterocycles. The molecule has 2 atom stereocenters. The predicted octanol–water partition coefficient (Wildman–Crippen LogP) is 3.67. The van der Waals surface area contributed by atoms with Crippen LogP contribution in [0.4, 0.5) is 0 Å². The van der Waals surface area contributed by atoms with Gasteiger partial charge >= 0.3 is 11.9 Å². The van der Waals surface area contributed by atoms with Crippen LogP contribution in [-0.2, 0) is 22.4 Å². The average Bonchev–Trinajstić information content (AvgIpc) is 2.71. The minimum atomic E-state index is -1.40. The van der Waals surface area contributed by atoms with E-state index in [0.29, 0.717) is 5.75 Å². The van der Waals surface area contributed by atoms with Gasteiger partial charge in [-0.15, -0.1) is 0 Å². The number of ether oxygens (including phenoxy) is 1. The maximum absolute atomic E-state index is 11.0. The second-order valence-corrected chi connectivity index (χ2v) is 7.16. The molecule has 2 aromatic rings. The number of benzene rings is 2. The molecule has 6 nitrogen and oxygen atoms in total. The Morgan fingerprint density at radius 2 is 1.38 bits per heavy atom. The van der Waals surface area contributed by atoms with E-state index in [9.17, 15) is 9.59 Å². The van der Waals surface area contributed by atoms with Crippen LogP contribution in [0.3, 0.4) is 0 Å². The van der Waals surface area contributed by atoms with Crippen molar-refractivity contribution in [2.75, 3.05) is 0 Å². The average molecular weight is 399 g/mol. The molecule has 0 aromatic heterocycles. The highest BCUT2D eigenvalue weighted by Crippen LogP contribution is 2.18. The Labute approximate surface area is 171 Å². The van der Waals surface area contributed by atoms with Crippen molar-refractivity contribution in [2.24, 2.45) is 5.73 Å². The topological polar surface area (TPSA) is 110 Å². The second kappa shape index (κ2) is 11.9. The smallest absolute Gasteiger partial charge is 0.324 e. The molecule has 2 aromatic carbocycles. The van der Waals surface area contributed by atoms with Crippen molar-refractivity contribution >= 4 is 11.9 Å². The van der Waals surface area contributed by atoms with Gasteiger partial charge in [-0.1, -0.05) is 55.3 Å². The summed E-state index contributed by atoms with van der Waals surface area (Å²) in [7, 11) is 0. The third kappa shape index (κ3) is 8.35. The highest BCUT2D eigenvalue weighted by molar-refractivity contribution is 5.76. The van der Waals surface area contributed by atoms with Crippen LogP contribution >= 0.6 is 0 Å². The van der Waals surface area contributed by atoms with Crippen LogP contribution in [0.15, 0.2) is 54.6 Å². The van der Waals surface area contributed by atoms with Crippen molar-refractivity contribution in [3.63, 3.8) is 0 Å². The molecule has 0 bridgehead atoms. The van der Waals surface area contributed by atoms with Crippen molar-refractivity contribution in [2.45, 2.75) is 57.1 Å². The lowest BCUT2D eigenvalue weighted by atomic mass is 10.0. The zero-order chi connectivity index (χ0) is 21.1. The number of nitrogens with two attached hydrogens (primary N) is 1. The molecule has 156 valence electrons. The summed E-state index contributed by atoms with van der Waals surface area (Å²) in [4.78, 5) is 22.0. The minimum absolute atomic E-state index is 0.416. The van der Waals surface area contributed by atoms with Gasteiger partial charge in [0.25, 0.3) is 0 Å². The van der Waals surface area contributed by atoms with Crippen LogP contribution in [0.1, 0.15) is 43.2 Å². The third-order valence-electron chi connectivity index (χ3n) is 4.80. The monoisotopic (exact) mass is 399 g/mol. The summed E-state index contributed by atoms with van der Waals surface area (Å²) in [5.41, 5.74) is 8.09. The molecule has 29 heavy (non-hydrogen) atoms. The third-order valence-corrected chi connectivity index (χ3v) is 4.80. The molecule has 0 radical (unpaired) electrons. The van der Waals surface area contributed by atoms with E-state index in [1.54, 1.807) is 12.1 Å². The number of unbranched alkanes of at least 4 members (excludes halogenated alkanes) is 3. The highest BCUT2D eigenvalue weighted by Gasteiger charge is 2.28. The van der Waals surface area contributed by atoms with E-state index in [1.165, 1.54) is 24.8 Å². The summed E-state index contributed by atoms with van der Waals surface area (Å²) < 4.78 is 5.52. The van der Waals surface area contributed by atoms with E-state index in [1.807, 2.05) is 18.2 Å². The Morgan fingerprint density at radius 3 is 1.90 bits per heavy atom. The van der Waals surface area contributed by atoms with Crippen LogP contribution in [0.25, 0.3) is 0 Å². The van der Waals surface area contributed by atoms with E-state index in [0.717, 1.165) is 24.8 Å². The number of rotatable bonds is 13. The molecule has 0 spiro atoms. The fourth-order valence-electron chi connectivity index (χ4n) is 3.14. The molecule has 0 aliphatic rings. The number of hydrogen-bond acceptors (Lipinski definition) is 4. The quantitative estimate of drug-likeness (QED) is 0.443. The van der Waals surface area contributed by atoms with Gasteiger partial charge in [-0.25, -0.2) is 0 Å². The van der Waals surface area contributed by atoms with Gasteiger partial charge in [0.1, 0.15) is 17.9 Å². The van der Waals surface area contributed by atoms with E-state index < -0.39 is 30.5 Å². The molecular formula is C23H29NO5. The first-order valence-electron chi connectivity index (χ1n) is 9.95. The zero-order valence-corrected chi connectivity index (χ0v) is 16.5. The summed E-state index contributed by atoms with van der Waals surface area (Å²) in [6.45, 7) is 0. The van der Waals surface area contributed by atoms with Gasteiger partial charge in [0.15, 0.2) is 0 Å². The molecule has 0 aliphatic carbocycles. The molecule has 0 amide bonds. The van der Waals surface area contributed by atoms with Crippen molar-refractivity contribution in [1.82, 2.24) is 0 Å². The Balaban J connectivity index is 1.73. The minimum Gasteiger partial charge on any atom is -0.488 e. The summed E-state index contributed by atoms with van der Waals surface area (Å²) in [5, 5.41) is 17.9. The molecule has 0 unspecified atom stereocenters. The van der Waals surface area contributed by atoms with Gasteiger partial charge in [0.05, 0.1) is 6.42 Å². The molecule has 2 rings (SSSR count). The molecule has 0 aliphatic heterocycles. The van der Waals surface area contributed by atoms with E-state index >= 15 is 0 Å². The number of carboxylic acid groups (broad SMARTS) is 2. The van der Waals surface area contributed by atoms with Crippen molar-refractivity contribution < 1.29 is 24.5 Å². The number of carboxylic acids is 2. The van der Waals surface area contributed by atoms with Gasteiger partial charge in [0.2, 0.25) is 0 Å². The van der Waals surface area contributed by atoms with Crippen molar-refractivity contribution in [3.8, 4) is 5.75 Å². The number of aryl methyl sites for hydroxylation is 2. The Bertz CT molecular complexity index is 761. The normalized spacial score (nSPS) is 12.9. The fraction of sp³-hybridized carbons (Fsp3) is 0.391. The van der Waals surface area contributed by atoms with Crippen LogP contribution in [-0.4, -0.2) is 34.3 Å². The van der Waals surface area contributed by atoms with Crippen LogP contribution in [0, 0.1) is 0 Å². The van der Waals surface area contributed by atoms with E-state index in [2.05, 4.69) is 24.3 Å². The molecule has 6 heteroatoms. The van der Waals surface area contributed by atoms with Gasteiger partial charge in [0, 0.05) is 0 Å². The van der Waals surface area contributed by atoms with Gasteiger partial charge in [-0.2, -0.15) is 0 Å². The van der Waals surface area contributed by atoms with Gasteiger partial charge < -0.3 is 20.7 Å². The highest BCUT2D eigenvalue weighted by atomic mass is 16.5. The lowest BCUT2D eigenvalue weighted by Gasteiger charge is -2.21. The summed E-state index contributed by atoms with van der Waals surface area (Å²) in [5.74, 6) is -2.03. The number of hydrogen-bond donors (Lipinski definition) is 3. The first kappa shape index (κ1) is 22.4. The van der Waals surface area contributed by atoms with Crippen LogP contribution in [0.2, 0.25) is 0 Å². The maximum Gasteiger partial charge on any atom is 0.324 e. The van der Waals surface area contributed by atoms with Crippen molar-refractivity contribution in [3.05, 3.63) is 65.7 Å². The Kier molecular flexibility index (Phi) is 9.18. The largest absolute Gasteiger partial charge is 0.488 e. The number of aliphatic carboxylic acids is 2. The second-order valence-electron chi connectivity index (χ2n) is 7.16. The Hall–Kier alpha value is -2.86. The lowest BCUT2D eigenvalue weighted by Crippen LogP contribution is -2.46. The predicted molar refractivity (Wildman–Crippen MR) is 111 cm³/mol. The van der Waals surface area contributed by atoms with E-state index in [-0.39, 0.29) is 0 Å². The first-order chi connectivity index (χ1) is 14.0. The van der Waals surface area contributed by atoms with Crippen LogP contribution < -0.4 is 10.5 Å². The lowest BCUT2D eigenvalue weighted by molar-refractivity contribution is -0.143. The maximum atomic E-state index is 11.0. The van der Waals surface area contributed by atoms with Crippen LogP contribution in [0.5, 0.6) is 5.75 Å². The molecular weight excluding hydrogens is 370 g/mol. The van der Waals surface area contributed by atoms with Gasteiger partial charge in [-0.05, 0) is 48.9 Å². The van der Waals surface area contributed by atoms with E-state index in [4.69, 9.17) is 20.7 Å². The number of carbonyl (C=O) groups is 2. The fourth-order valence-corrected chi connectivity index (χ4v) is 3.14. The molecule has 0 fully saturated rings. The standard InChI is InChI=1S/C23H29NO5/c24-22(23(27)28)20(16-21(25)26)29-19-14-12-18(13-15-19)11-5-2-1-4-8-17-9-6-3-7-10-17/h3,6-7,9-10,12-15,20,22H,1-2,4-5,8,11,16,24H2,(H,25,26)(H,27,28)/t20-,22-/m0/s1. The molecule has 4 N–H and O–H groups in total. The molecule has 0 saturated carbocycles. The molecule has 0 heterocycles. The summed E-state index contributed by atoms with van der Waals surface area (Å²) >= 11 is 0. The van der Waals surface area contributed by atoms with Crippen molar-refractivity contribution in [1.29, 1.82) is 0 Å². The summed E-state index contributed by atoms with van der Waals surface area (Å²) in [6.07, 6.45) is 5.12. The van der Waals surface area contributed by atoms with Gasteiger partial charge in [-0.3, -0.25) is 9.59 Å². The SMILES string of the molecule is N[C@H](C(=O)O)[C@H](CC(=O)O)Oc1ccc(CCCCCCc2ccccc2)cc1. The first-order valence-corrected chi connectivity index (χ1v) is 9.95.